The van der Waals surface area contributed by atoms with Crippen molar-refractivity contribution in [3.8, 4) is 0 Å². The zero-order chi connectivity index (χ0) is 23.0. The van der Waals surface area contributed by atoms with Gasteiger partial charge in [-0.3, -0.25) is 4.79 Å². The van der Waals surface area contributed by atoms with E-state index in [0.29, 0.717) is 26.2 Å². The second-order valence-corrected chi connectivity index (χ2v) is 8.32. The molecule has 0 radical (unpaired) electrons. The highest BCUT2D eigenvalue weighted by Crippen LogP contribution is 2.17. The highest BCUT2D eigenvalue weighted by atomic mass is 16.5. The van der Waals surface area contributed by atoms with Gasteiger partial charge in [0.05, 0.1) is 0 Å². The third-order valence-corrected chi connectivity index (χ3v) is 6.02. The fourth-order valence-corrected chi connectivity index (χ4v) is 3.91. The van der Waals surface area contributed by atoms with Crippen LogP contribution in [-0.2, 0) is 16.1 Å². The molecule has 2 aromatic rings. The van der Waals surface area contributed by atoms with Crippen LogP contribution in [-0.4, -0.2) is 97.9 Å². The maximum Gasteiger partial charge on any atom is 0.407 e. The number of hydrogen-bond donors (Lipinski definition) is 1. The molecule has 3 heterocycles. The molecular formula is C23H31N7O3. The van der Waals surface area contributed by atoms with Gasteiger partial charge in [0.15, 0.2) is 11.6 Å². The molecule has 2 aliphatic heterocycles. The Morgan fingerprint density at radius 1 is 0.848 bits per heavy atom. The Morgan fingerprint density at radius 3 is 2.00 bits per heavy atom. The molecule has 0 atom stereocenters. The van der Waals surface area contributed by atoms with E-state index < -0.39 is 6.09 Å². The van der Waals surface area contributed by atoms with E-state index in [-0.39, 0.29) is 19.1 Å². The second kappa shape index (κ2) is 11.0. The van der Waals surface area contributed by atoms with Crippen LogP contribution in [0.4, 0.5) is 16.4 Å². The lowest BCUT2D eigenvalue weighted by Crippen LogP contribution is -2.51. The summed E-state index contributed by atoms with van der Waals surface area (Å²) in [4.78, 5) is 32.8. The summed E-state index contributed by atoms with van der Waals surface area (Å²) >= 11 is 0. The zero-order valence-electron chi connectivity index (χ0n) is 19.0. The molecule has 1 aromatic carbocycles. The molecule has 1 N–H and O–H groups in total. The fourth-order valence-electron chi connectivity index (χ4n) is 3.91. The number of carbonyl (C=O) groups excluding carboxylic acids is 2. The van der Waals surface area contributed by atoms with Crippen LogP contribution in [0.3, 0.4) is 0 Å². The lowest BCUT2D eigenvalue weighted by Gasteiger charge is -2.35. The molecule has 10 nitrogen and oxygen atoms in total. The smallest absolute Gasteiger partial charge is 0.407 e. The van der Waals surface area contributed by atoms with Gasteiger partial charge in [-0.1, -0.05) is 30.3 Å². The third-order valence-electron chi connectivity index (χ3n) is 6.02. The average molecular weight is 454 g/mol. The molecule has 33 heavy (non-hydrogen) atoms. The Balaban J connectivity index is 1.17. The zero-order valence-corrected chi connectivity index (χ0v) is 19.0. The van der Waals surface area contributed by atoms with Crippen LogP contribution >= 0.6 is 0 Å². The van der Waals surface area contributed by atoms with E-state index >= 15 is 0 Å². The normalized spacial score (nSPS) is 17.1. The van der Waals surface area contributed by atoms with Crippen molar-refractivity contribution >= 4 is 23.6 Å². The van der Waals surface area contributed by atoms with E-state index in [1.807, 2.05) is 42.5 Å². The molecule has 0 spiro atoms. The number of nitrogens with zero attached hydrogens (tertiary/aromatic N) is 6. The summed E-state index contributed by atoms with van der Waals surface area (Å²) in [7, 11) is 2.13. The second-order valence-electron chi connectivity index (χ2n) is 8.32. The summed E-state index contributed by atoms with van der Waals surface area (Å²) in [6.07, 6.45) is -0.596. The SMILES string of the molecule is CN1CCN(c2ccc(N3CCN(C(=O)CNC(=O)OCc4ccccc4)CC3)nn2)CC1. The van der Waals surface area contributed by atoms with Crippen molar-refractivity contribution in [1.82, 2.24) is 25.3 Å². The van der Waals surface area contributed by atoms with E-state index in [4.69, 9.17) is 4.74 Å². The number of anilines is 2. The van der Waals surface area contributed by atoms with Gasteiger partial charge in [-0.2, -0.15) is 0 Å². The van der Waals surface area contributed by atoms with Crippen LogP contribution in [0.5, 0.6) is 0 Å². The molecule has 10 heteroatoms. The van der Waals surface area contributed by atoms with Crippen molar-refractivity contribution in [2.45, 2.75) is 6.61 Å². The number of ether oxygens (including phenoxy) is 1. The number of nitrogens with one attached hydrogen (secondary N) is 1. The van der Waals surface area contributed by atoms with Crippen LogP contribution in [0.15, 0.2) is 42.5 Å². The topological polar surface area (TPSA) is 94.1 Å². The Bertz CT molecular complexity index is 909. The largest absolute Gasteiger partial charge is 0.445 e. The van der Waals surface area contributed by atoms with Gasteiger partial charge in [0, 0.05) is 52.4 Å². The van der Waals surface area contributed by atoms with Crippen LogP contribution in [0.2, 0.25) is 0 Å². The van der Waals surface area contributed by atoms with Crippen molar-refractivity contribution in [2.75, 3.05) is 75.8 Å². The van der Waals surface area contributed by atoms with Crippen molar-refractivity contribution in [3.63, 3.8) is 0 Å². The van der Waals surface area contributed by atoms with Crippen molar-refractivity contribution in [2.24, 2.45) is 0 Å². The quantitative estimate of drug-likeness (QED) is 0.687. The minimum Gasteiger partial charge on any atom is -0.445 e. The number of rotatable bonds is 6. The third kappa shape index (κ3) is 6.32. The summed E-state index contributed by atoms with van der Waals surface area (Å²) < 4.78 is 5.15. The van der Waals surface area contributed by atoms with Gasteiger partial charge < -0.3 is 29.7 Å². The first kappa shape index (κ1) is 22.8. The Kier molecular flexibility index (Phi) is 7.56. The molecule has 2 amide bonds. The van der Waals surface area contributed by atoms with Crippen LogP contribution in [0.25, 0.3) is 0 Å². The molecule has 0 saturated carbocycles. The number of benzene rings is 1. The predicted octanol–water partition coefficient (Wildman–Crippen LogP) is 0.803. The van der Waals surface area contributed by atoms with Crippen molar-refractivity contribution in [1.29, 1.82) is 0 Å². The maximum absolute atomic E-state index is 12.5. The summed E-state index contributed by atoms with van der Waals surface area (Å²) in [6.45, 7) is 6.56. The molecule has 1 aromatic heterocycles. The number of piperazine rings is 2. The van der Waals surface area contributed by atoms with Gasteiger partial charge in [0.2, 0.25) is 5.91 Å². The predicted molar refractivity (Wildman–Crippen MR) is 125 cm³/mol. The summed E-state index contributed by atoms with van der Waals surface area (Å²) in [5, 5.41) is 11.4. The number of likely N-dealkylation sites (N-methyl/N-ethyl adjacent to an activating group) is 1. The number of aromatic nitrogens is 2. The first-order valence-corrected chi connectivity index (χ1v) is 11.3. The van der Waals surface area contributed by atoms with Gasteiger partial charge in [0.1, 0.15) is 13.2 Å². The molecule has 2 aliphatic rings. The van der Waals surface area contributed by atoms with Crippen LogP contribution in [0.1, 0.15) is 5.56 Å². The van der Waals surface area contributed by atoms with Crippen LogP contribution in [0, 0.1) is 0 Å². The molecule has 0 bridgehead atoms. The first-order chi connectivity index (χ1) is 16.1. The lowest BCUT2D eigenvalue weighted by molar-refractivity contribution is -0.130. The van der Waals surface area contributed by atoms with E-state index in [2.05, 4.69) is 37.3 Å². The number of alkyl carbamates (subject to hydrolysis) is 1. The molecule has 176 valence electrons. The summed E-state index contributed by atoms with van der Waals surface area (Å²) in [6, 6.07) is 13.4. The average Bonchev–Trinajstić information content (AvgIpc) is 2.87. The fraction of sp³-hybridized carbons (Fsp3) is 0.478. The van der Waals surface area contributed by atoms with Crippen molar-refractivity contribution < 1.29 is 14.3 Å². The highest BCUT2D eigenvalue weighted by Gasteiger charge is 2.23. The van der Waals surface area contributed by atoms with Gasteiger partial charge in [0.25, 0.3) is 0 Å². The molecule has 4 rings (SSSR count). The van der Waals surface area contributed by atoms with Gasteiger partial charge in [-0.05, 0) is 24.7 Å². The molecule has 0 aliphatic carbocycles. The van der Waals surface area contributed by atoms with E-state index in [0.717, 1.165) is 43.4 Å². The minimum atomic E-state index is -0.596. The Hall–Kier alpha value is -3.40. The Labute approximate surface area is 194 Å². The van der Waals surface area contributed by atoms with Crippen LogP contribution < -0.4 is 15.1 Å². The lowest BCUT2D eigenvalue weighted by atomic mass is 10.2. The standard InChI is InChI=1S/C23H31N7O3/c1-27-9-11-28(12-10-27)20-7-8-21(26-25-20)29-13-15-30(16-14-29)22(31)17-24-23(32)33-18-19-5-3-2-4-6-19/h2-8H,9-18H2,1H3,(H,24,32). The number of carbonyl (C=O) groups is 2. The van der Waals surface area contributed by atoms with Gasteiger partial charge in [-0.15, -0.1) is 10.2 Å². The van der Waals surface area contributed by atoms with Crippen molar-refractivity contribution in [3.05, 3.63) is 48.0 Å². The van der Waals surface area contributed by atoms with E-state index in [1.165, 1.54) is 0 Å². The number of amides is 2. The molecular weight excluding hydrogens is 422 g/mol. The molecule has 2 fully saturated rings. The summed E-state index contributed by atoms with van der Waals surface area (Å²) in [5.41, 5.74) is 0.898. The first-order valence-electron chi connectivity index (χ1n) is 11.3. The molecule has 0 unspecified atom stereocenters. The van der Waals surface area contributed by atoms with Gasteiger partial charge >= 0.3 is 6.09 Å². The van der Waals surface area contributed by atoms with E-state index in [9.17, 15) is 9.59 Å². The van der Waals surface area contributed by atoms with E-state index in [1.54, 1.807) is 4.90 Å². The number of hydrogen-bond acceptors (Lipinski definition) is 8. The van der Waals surface area contributed by atoms with Gasteiger partial charge in [-0.25, -0.2) is 4.79 Å². The Morgan fingerprint density at radius 2 is 1.42 bits per heavy atom. The maximum atomic E-state index is 12.5. The minimum absolute atomic E-state index is 0.0762. The summed E-state index contributed by atoms with van der Waals surface area (Å²) in [5.74, 6) is 1.61. The molecule has 2 saturated heterocycles. The highest BCUT2D eigenvalue weighted by molar-refractivity contribution is 5.82. The monoisotopic (exact) mass is 453 g/mol.